The molecule has 0 bridgehead atoms. The Morgan fingerprint density at radius 3 is 2.46 bits per heavy atom. The number of benzene rings is 1. The maximum Gasteiger partial charge on any atom is 0.332 e. The van der Waals surface area contributed by atoms with Crippen LogP contribution in [0.3, 0.4) is 0 Å². The lowest BCUT2D eigenvalue weighted by Gasteiger charge is -2.02. The number of alkyl halides is 1. The van der Waals surface area contributed by atoms with Crippen molar-refractivity contribution in [2.45, 2.75) is 18.0 Å². The minimum absolute atomic E-state index is 0.152. The predicted molar refractivity (Wildman–Crippen MR) is 44.3 cm³/mol. The molecular weight excluding hydrogens is 198 g/mol. The van der Waals surface area contributed by atoms with Gasteiger partial charge in [0.05, 0.1) is 4.90 Å². The molecule has 5 heteroatoms. The highest BCUT2D eigenvalue weighted by molar-refractivity contribution is 7.86. The van der Waals surface area contributed by atoms with E-state index in [9.17, 15) is 16.7 Å². The molecule has 72 valence electrons. The van der Waals surface area contributed by atoms with Crippen LogP contribution in [-0.2, 0) is 10.2 Å². The molecule has 0 aliphatic carbocycles. The van der Waals surface area contributed by atoms with Gasteiger partial charge in [-0.1, -0.05) is 12.1 Å². The summed E-state index contributed by atoms with van der Waals surface area (Å²) in [5.41, 5.74) is 0.152. The molecule has 0 N–H and O–H groups in total. The van der Waals surface area contributed by atoms with E-state index in [1.165, 1.54) is 19.1 Å². The topological polar surface area (TPSA) is 34.1 Å². The van der Waals surface area contributed by atoms with Crippen molar-refractivity contribution in [3.8, 4) is 0 Å². The van der Waals surface area contributed by atoms with Gasteiger partial charge in [0.2, 0.25) is 0 Å². The van der Waals surface area contributed by atoms with E-state index >= 15 is 0 Å². The van der Waals surface area contributed by atoms with Crippen LogP contribution in [0.5, 0.6) is 0 Å². The lowest BCUT2D eigenvalue weighted by Crippen LogP contribution is -1.94. The summed E-state index contributed by atoms with van der Waals surface area (Å²) < 4.78 is 45.9. The monoisotopic (exact) mass is 206 g/mol. The second kappa shape index (κ2) is 3.41. The summed E-state index contributed by atoms with van der Waals surface area (Å²) in [6, 6.07) is 4.78. The molecule has 0 aliphatic rings. The molecule has 13 heavy (non-hydrogen) atoms. The number of rotatable bonds is 2. The van der Waals surface area contributed by atoms with Crippen LogP contribution >= 0.6 is 0 Å². The zero-order chi connectivity index (χ0) is 10.1. The fourth-order valence-corrected chi connectivity index (χ4v) is 1.43. The predicted octanol–water partition coefficient (Wildman–Crippen LogP) is 2.38. The van der Waals surface area contributed by atoms with Crippen molar-refractivity contribution in [2.75, 3.05) is 0 Å². The van der Waals surface area contributed by atoms with E-state index in [0.29, 0.717) is 0 Å². The SMILES string of the molecule is CC(F)c1cccc(S(=O)(=O)F)c1. The van der Waals surface area contributed by atoms with Crippen LogP contribution < -0.4 is 0 Å². The van der Waals surface area contributed by atoms with Crippen LogP contribution in [0, 0.1) is 0 Å². The molecule has 0 spiro atoms. The number of halogens is 2. The van der Waals surface area contributed by atoms with Gasteiger partial charge >= 0.3 is 10.2 Å². The van der Waals surface area contributed by atoms with Crippen molar-refractivity contribution in [1.82, 2.24) is 0 Å². The summed E-state index contributed by atoms with van der Waals surface area (Å²) in [5.74, 6) is 0. The fourth-order valence-electron chi connectivity index (χ4n) is 0.914. The summed E-state index contributed by atoms with van der Waals surface area (Å²) >= 11 is 0. The van der Waals surface area contributed by atoms with E-state index in [0.717, 1.165) is 12.1 Å². The Balaban J connectivity index is 3.21. The van der Waals surface area contributed by atoms with Gasteiger partial charge in [-0.25, -0.2) is 4.39 Å². The van der Waals surface area contributed by atoms with E-state index in [2.05, 4.69) is 0 Å². The fraction of sp³-hybridized carbons (Fsp3) is 0.250. The molecule has 1 atom stereocenters. The number of hydrogen-bond donors (Lipinski definition) is 0. The highest BCUT2D eigenvalue weighted by Gasteiger charge is 2.13. The first-order chi connectivity index (χ1) is 5.91. The molecule has 0 saturated carbocycles. The van der Waals surface area contributed by atoms with Gasteiger partial charge in [0, 0.05) is 0 Å². The first kappa shape index (κ1) is 10.1. The Labute approximate surface area is 75.4 Å². The zero-order valence-electron chi connectivity index (χ0n) is 6.87. The molecular formula is C8H8F2O2S. The zero-order valence-corrected chi connectivity index (χ0v) is 7.68. The molecule has 1 aromatic rings. The second-order valence-corrected chi connectivity index (χ2v) is 3.97. The van der Waals surface area contributed by atoms with Crippen molar-refractivity contribution in [1.29, 1.82) is 0 Å². The lowest BCUT2D eigenvalue weighted by molar-refractivity contribution is 0.373. The van der Waals surface area contributed by atoms with Crippen molar-refractivity contribution in [2.24, 2.45) is 0 Å². The van der Waals surface area contributed by atoms with Crippen molar-refractivity contribution >= 4 is 10.2 Å². The van der Waals surface area contributed by atoms with Crippen LogP contribution in [0.2, 0.25) is 0 Å². The van der Waals surface area contributed by atoms with E-state index in [-0.39, 0.29) is 5.56 Å². The van der Waals surface area contributed by atoms with E-state index in [1.807, 2.05) is 0 Å². The van der Waals surface area contributed by atoms with Gasteiger partial charge in [0.25, 0.3) is 0 Å². The third kappa shape index (κ3) is 2.48. The second-order valence-electron chi connectivity index (χ2n) is 2.63. The molecule has 0 fully saturated rings. The van der Waals surface area contributed by atoms with Gasteiger partial charge in [-0.05, 0) is 24.6 Å². The first-order valence-corrected chi connectivity index (χ1v) is 4.98. The standard InChI is InChI=1S/C8H8F2O2S/c1-6(9)7-3-2-4-8(5-7)13(10,11)12/h2-6H,1H3. The Bertz CT molecular complexity index is 398. The molecule has 1 aromatic carbocycles. The molecule has 0 aromatic heterocycles. The maximum atomic E-state index is 12.7. The average molecular weight is 206 g/mol. The Hall–Kier alpha value is -0.970. The molecule has 0 amide bonds. The van der Waals surface area contributed by atoms with Gasteiger partial charge in [-0.15, -0.1) is 3.89 Å². The van der Waals surface area contributed by atoms with Crippen molar-refractivity contribution < 1.29 is 16.7 Å². The summed E-state index contributed by atoms with van der Waals surface area (Å²) in [6.07, 6.45) is -1.30. The minimum atomic E-state index is -4.73. The van der Waals surface area contributed by atoms with E-state index in [1.54, 1.807) is 0 Å². The molecule has 1 rings (SSSR count). The van der Waals surface area contributed by atoms with Gasteiger partial charge in [-0.2, -0.15) is 8.42 Å². The summed E-state index contributed by atoms with van der Waals surface area (Å²) in [4.78, 5) is -0.505. The quantitative estimate of drug-likeness (QED) is 0.696. The Morgan fingerprint density at radius 2 is 2.00 bits per heavy atom. The van der Waals surface area contributed by atoms with Gasteiger partial charge < -0.3 is 0 Å². The van der Waals surface area contributed by atoms with Crippen molar-refractivity contribution in [3.05, 3.63) is 29.8 Å². The molecule has 0 heterocycles. The molecule has 0 aliphatic heterocycles. The molecule has 2 nitrogen and oxygen atoms in total. The number of hydrogen-bond acceptors (Lipinski definition) is 2. The highest BCUT2D eigenvalue weighted by atomic mass is 32.3. The summed E-state index contributed by atoms with van der Waals surface area (Å²) in [6.45, 7) is 1.25. The van der Waals surface area contributed by atoms with Crippen LogP contribution in [0.15, 0.2) is 29.2 Å². The van der Waals surface area contributed by atoms with Crippen LogP contribution in [0.4, 0.5) is 8.28 Å². The Morgan fingerprint density at radius 1 is 1.38 bits per heavy atom. The maximum absolute atomic E-state index is 12.7. The van der Waals surface area contributed by atoms with E-state index < -0.39 is 21.3 Å². The third-order valence-electron chi connectivity index (χ3n) is 1.60. The van der Waals surface area contributed by atoms with Gasteiger partial charge in [-0.3, -0.25) is 0 Å². The lowest BCUT2D eigenvalue weighted by atomic mass is 10.1. The summed E-state index contributed by atoms with van der Waals surface area (Å²) in [5, 5.41) is 0. The van der Waals surface area contributed by atoms with Crippen LogP contribution in [-0.4, -0.2) is 8.42 Å². The van der Waals surface area contributed by atoms with Crippen LogP contribution in [0.25, 0.3) is 0 Å². The third-order valence-corrected chi connectivity index (χ3v) is 2.42. The van der Waals surface area contributed by atoms with E-state index in [4.69, 9.17) is 0 Å². The largest absolute Gasteiger partial charge is 0.332 e. The minimum Gasteiger partial charge on any atom is -0.243 e. The highest BCUT2D eigenvalue weighted by Crippen LogP contribution is 2.20. The average Bonchev–Trinajstić information content (AvgIpc) is 2.03. The first-order valence-electron chi connectivity index (χ1n) is 3.60. The summed E-state index contributed by atoms with van der Waals surface area (Å²) in [7, 11) is -4.73. The van der Waals surface area contributed by atoms with Crippen molar-refractivity contribution in [3.63, 3.8) is 0 Å². The smallest absolute Gasteiger partial charge is 0.243 e. The molecule has 0 saturated heterocycles. The Kier molecular flexibility index (Phi) is 2.66. The normalized spacial score (nSPS) is 14.1. The van der Waals surface area contributed by atoms with Gasteiger partial charge in [0.1, 0.15) is 6.17 Å². The molecule has 0 radical (unpaired) electrons. The van der Waals surface area contributed by atoms with Crippen LogP contribution in [0.1, 0.15) is 18.7 Å². The van der Waals surface area contributed by atoms with Gasteiger partial charge in [0.15, 0.2) is 0 Å². The molecule has 1 unspecified atom stereocenters.